The van der Waals surface area contributed by atoms with Gasteiger partial charge in [-0.2, -0.15) is 0 Å². The van der Waals surface area contributed by atoms with Crippen LogP contribution in [0.1, 0.15) is 20.7 Å². The highest BCUT2D eigenvalue weighted by Crippen LogP contribution is 2.23. The zero-order valence-corrected chi connectivity index (χ0v) is 14.3. The lowest BCUT2D eigenvalue weighted by Crippen LogP contribution is -2.21. The van der Waals surface area contributed by atoms with E-state index >= 15 is 0 Å². The van der Waals surface area contributed by atoms with E-state index in [2.05, 4.69) is 5.32 Å². The summed E-state index contributed by atoms with van der Waals surface area (Å²) in [5.74, 6) is -0.933. The number of benzene rings is 2. The minimum absolute atomic E-state index is 0.194. The first-order valence-corrected chi connectivity index (χ1v) is 7.53. The van der Waals surface area contributed by atoms with Crippen LogP contribution in [0.2, 0.25) is 0 Å². The number of hydrogen-bond acceptors (Lipinski definition) is 6. The molecule has 8 heteroatoms. The van der Waals surface area contributed by atoms with Gasteiger partial charge in [-0.1, -0.05) is 0 Å². The van der Waals surface area contributed by atoms with Crippen molar-refractivity contribution in [2.75, 3.05) is 26.1 Å². The fourth-order valence-electron chi connectivity index (χ4n) is 2.05. The highest BCUT2D eigenvalue weighted by molar-refractivity contribution is 5.97. The Morgan fingerprint density at radius 2 is 1.50 bits per heavy atom. The first-order valence-electron chi connectivity index (χ1n) is 7.53. The first-order chi connectivity index (χ1) is 12.4. The van der Waals surface area contributed by atoms with Crippen molar-refractivity contribution in [2.24, 2.45) is 5.73 Å². The van der Waals surface area contributed by atoms with Gasteiger partial charge in [0.05, 0.1) is 19.8 Å². The van der Waals surface area contributed by atoms with Gasteiger partial charge in [-0.25, -0.2) is 4.79 Å². The topological polar surface area (TPSA) is 117 Å². The van der Waals surface area contributed by atoms with Crippen LogP contribution in [0, 0.1) is 0 Å². The van der Waals surface area contributed by atoms with Crippen LogP contribution in [0.5, 0.6) is 11.5 Å². The second kappa shape index (κ2) is 8.52. The summed E-state index contributed by atoms with van der Waals surface area (Å²) in [6.07, 6.45) is 0. The molecule has 2 amide bonds. The number of esters is 1. The van der Waals surface area contributed by atoms with Crippen molar-refractivity contribution in [1.82, 2.24) is 0 Å². The fourth-order valence-corrected chi connectivity index (χ4v) is 2.05. The molecule has 2 rings (SSSR count). The molecule has 0 radical (unpaired) electrons. The van der Waals surface area contributed by atoms with Gasteiger partial charge in [0.15, 0.2) is 6.61 Å². The van der Waals surface area contributed by atoms with Crippen LogP contribution in [0.25, 0.3) is 0 Å². The number of carbonyl (C=O) groups is 3. The largest absolute Gasteiger partial charge is 0.497 e. The van der Waals surface area contributed by atoms with Crippen molar-refractivity contribution in [3.8, 4) is 11.5 Å². The van der Waals surface area contributed by atoms with Gasteiger partial charge in [0.25, 0.3) is 5.91 Å². The molecule has 0 atom stereocenters. The Balaban J connectivity index is 1.94. The molecule has 0 aliphatic heterocycles. The Morgan fingerprint density at radius 1 is 0.923 bits per heavy atom. The Bertz CT molecular complexity index is 795. The van der Waals surface area contributed by atoms with Gasteiger partial charge in [0.2, 0.25) is 5.91 Å². The summed E-state index contributed by atoms with van der Waals surface area (Å²) in [7, 11) is 2.92. The zero-order chi connectivity index (χ0) is 19.1. The van der Waals surface area contributed by atoms with Crippen molar-refractivity contribution in [3.63, 3.8) is 0 Å². The molecule has 2 aromatic rings. The van der Waals surface area contributed by atoms with E-state index in [-0.39, 0.29) is 5.56 Å². The highest BCUT2D eigenvalue weighted by Gasteiger charge is 2.13. The number of primary amides is 1. The molecule has 0 aliphatic carbocycles. The number of hydrogen-bond donors (Lipinski definition) is 2. The molecule has 136 valence electrons. The summed E-state index contributed by atoms with van der Waals surface area (Å²) < 4.78 is 15.1. The third-order valence-electron chi connectivity index (χ3n) is 3.37. The maximum absolute atomic E-state index is 12.1. The molecule has 0 spiro atoms. The number of carbonyl (C=O) groups excluding carboxylic acids is 3. The van der Waals surface area contributed by atoms with E-state index in [4.69, 9.17) is 19.9 Å². The van der Waals surface area contributed by atoms with Gasteiger partial charge in [-0.3, -0.25) is 9.59 Å². The van der Waals surface area contributed by atoms with Gasteiger partial charge in [-0.05, 0) is 36.4 Å². The molecule has 8 nitrogen and oxygen atoms in total. The summed E-state index contributed by atoms with van der Waals surface area (Å²) in [4.78, 5) is 35.0. The Hall–Kier alpha value is -3.55. The minimum atomic E-state index is -0.693. The molecule has 0 saturated carbocycles. The van der Waals surface area contributed by atoms with E-state index in [1.807, 2.05) is 0 Å². The highest BCUT2D eigenvalue weighted by atomic mass is 16.5. The molecule has 0 fully saturated rings. The molecule has 26 heavy (non-hydrogen) atoms. The number of ether oxygens (including phenoxy) is 3. The van der Waals surface area contributed by atoms with Gasteiger partial charge in [-0.15, -0.1) is 0 Å². The smallest absolute Gasteiger partial charge is 0.338 e. The molecule has 0 heterocycles. The number of amides is 2. The van der Waals surface area contributed by atoms with Crippen molar-refractivity contribution in [1.29, 1.82) is 0 Å². The quantitative estimate of drug-likeness (QED) is 0.726. The van der Waals surface area contributed by atoms with E-state index in [0.29, 0.717) is 22.7 Å². The summed E-state index contributed by atoms with van der Waals surface area (Å²) in [6.45, 7) is -0.476. The normalized spacial score (nSPS) is 9.92. The summed E-state index contributed by atoms with van der Waals surface area (Å²) in [5.41, 5.74) is 6.10. The lowest BCUT2D eigenvalue weighted by atomic mass is 10.2. The van der Waals surface area contributed by atoms with Gasteiger partial charge < -0.3 is 25.3 Å². The van der Waals surface area contributed by atoms with E-state index < -0.39 is 24.4 Å². The molecule has 0 bridgehead atoms. The number of nitrogens with one attached hydrogen (secondary N) is 1. The van der Waals surface area contributed by atoms with Crippen LogP contribution in [0.4, 0.5) is 5.69 Å². The SMILES string of the molecule is COc1cc(OC)cc(C(=O)OCC(=O)Nc2ccc(C(N)=O)cc2)c1. The summed E-state index contributed by atoms with van der Waals surface area (Å²) in [5, 5.41) is 2.54. The predicted molar refractivity (Wildman–Crippen MR) is 93.4 cm³/mol. The average Bonchev–Trinajstić information content (AvgIpc) is 2.65. The first kappa shape index (κ1) is 18.8. The van der Waals surface area contributed by atoms with Crippen LogP contribution < -0.4 is 20.5 Å². The Kier molecular flexibility index (Phi) is 6.15. The predicted octanol–water partition coefficient (Wildman–Crippen LogP) is 1.60. The molecule has 0 unspecified atom stereocenters. The number of methoxy groups -OCH3 is 2. The second-order valence-electron chi connectivity index (χ2n) is 5.17. The standard InChI is InChI=1S/C18H18N2O6/c1-24-14-7-12(8-15(9-14)25-2)18(23)26-10-16(21)20-13-5-3-11(4-6-13)17(19)22/h3-9H,10H2,1-2H3,(H2,19,22)(H,20,21). The van der Waals surface area contributed by atoms with Crippen LogP contribution in [-0.2, 0) is 9.53 Å². The number of nitrogens with two attached hydrogens (primary N) is 1. The van der Waals surface area contributed by atoms with Gasteiger partial charge >= 0.3 is 5.97 Å². The van der Waals surface area contributed by atoms with Gasteiger partial charge in [0, 0.05) is 17.3 Å². The molecule has 0 aliphatic rings. The zero-order valence-electron chi connectivity index (χ0n) is 14.3. The van der Waals surface area contributed by atoms with E-state index in [0.717, 1.165) is 0 Å². The van der Waals surface area contributed by atoms with E-state index in [1.54, 1.807) is 6.07 Å². The number of anilines is 1. The van der Waals surface area contributed by atoms with Crippen molar-refractivity contribution < 1.29 is 28.6 Å². The Labute approximate surface area is 149 Å². The number of rotatable bonds is 7. The van der Waals surface area contributed by atoms with Crippen molar-refractivity contribution in [2.45, 2.75) is 0 Å². The summed E-state index contributed by atoms with van der Waals surface area (Å²) in [6, 6.07) is 10.6. The molecule has 3 N–H and O–H groups in total. The molecular weight excluding hydrogens is 340 g/mol. The second-order valence-corrected chi connectivity index (χ2v) is 5.17. The molecule has 0 saturated heterocycles. The van der Waals surface area contributed by atoms with Crippen molar-refractivity contribution in [3.05, 3.63) is 53.6 Å². The molecular formula is C18H18N2O6. The maximum Gasteiger partial charge on any atom is 0.338 e. The third kappa shape index (κ3) is 4.97. The lowest BCUT2D eigenvalue weighted by Gasteiger charge is -2.09. The molecule has 0 aromatic heterocycles. The molecule has 2 aromatic carbocycles. The van der Waals surface area contributed by atoms with E-state index in [1.165, 1.54) is 50.6 Å². The third-order valence-corrected chi connectivity index (χ3v) is 3.37. The maximum atomic E-state index is 12.1. The Morgan fingerprint density at radius 3 is 2.00 bits per heavy atom. The monoisotopic (exact) mass is 358 g/mol. The summed E-state index contributed by atoms with van der Waals surface area (Å²) >= 11 is 0. The minimum Gasteiger partial charge on any atom is -0.497 e. The van der Waals surface area contributed by atoms with Crippen LogP contribution in [-0.4, -0.2) is 38.6 Å². The lowest BCUT2D eigenvalue weighted by molar-refractivity contribution is -0.119. The van der Waals surface area contributed by atoms with Crippen LogP contribution >= 0.6 is 0 Å². The van der Waals surface area contributed by atoms with Crippen LogP contribution in [0.3, 0.4) is 0 Å². The average molecular weight is 358 g/mol. The fraction of sp³-hybridized carbons (Fsp3) is 0.167. The van der Waals surface area contributed by atoms with Gasteiger partial charge in [0.1, 0.15) is 11.5 Å². The van der Waals surface area contributed by atoms with Crippen molar-refractivity contribution >= 4 is 23.5 Å². The van der Waals surface area contributed by atoms with Crippen LogP contribution in [0.15, 0.2) is 42.5 Å². The van der Waals surface area contributed by atoms with E-state index in [9.17, 15) is 14.4 Å².